The number of benzene rings is 4. The van der Waals surface area contributed by atoms with E-state index in [0.717, 1.165) is 17.0 Å². The maximum atomic E-state index is 4.77. The molecule has 0 unspecified atom stereocenters. The highest BCUT2D eigenvalue weighted by Crippen LogP contribution is 2.48. The maximum Gasteiger partial charge on any atom is 0.0705 e. The van der Waals surface area contributed by atoms with Crippen LogP contribution < -0.4 is 0 Å². The average molecular weight is 396 g/mol. The van der Waals surface area contributed by atoms with E-state index >= 15 is 0 Å². The molecule has 1 aromatic heterocycles. The van der Waals surface area contributed by atoms with Gasteiger partial charge >= 0.3 is 0 Å². The Bertz CT molecular complexity index is 1440. The quantitative estimate of drug-likeness (QED) is 0.274. The molecule has 6 rings (SSSR count). The molecule has 0 radical (unpaired) electrons. The highest BCUT2D eigenvalue weighted by Gasteiger charge is 2.21. The Morgan fingerprint density at radius 2 is 0.871 bits per heavy atom. The highest BCUT2D eigenvalue weighted by molar-refractivity contribution is 6.03. The fourth-order valence-corrected chi connectivity index (χ4v) is 4.72. The van der Waals surface area contributed by atoms with Crippen LogP contribution in [0.25, 0.3) is 55.8 Å². The van der Waals surface area contributed by atoms with E-state index in [1.54, 1.807) is 0 Å². The molecule has 5 aromatic rings. The van der Waals surface area contributed by atoms with Crippen molar-refractivity contribution in [1.29, 1.82) is 0 Å². The Morgan fingerprint density at radius 3 is 1.35 bits per heavy atom. The molecule has 1 heteroatoms. The minimum Gasteiger partial charge on any atom is -0.253 e. The molecule has 0 saturated carbocycles. The van der Waals surface area contributed by atoms with E-state index in [4.69, 9.17) is 4.98 Å². The topological polar surface area (TPSA) is 12.9 Å². The molecule has 1 heterocycles. The van der Waals surface area contributed by atoms with Crippen LogP contribution >= 0.6 is 0 Å². The summed E-state index contributed by atoms with van der Waals surface area (Å²) in [6.07, 6.45) is 0. The second-order valence-electron chi connectivity index (χ2n) is 8.06. The van der Waals surface area contributed by atoms with E-state index in [-0.39, 0.29) is 0 Å². The summed E-state index contributed by atoms with van der Waals surface area (Å²) in [6, 6.07) is 39.2. The van der Waals surface area contributed by atoms with Crippen molar-refractivity contribution in [2.24, 2.45) is 0 Å². The van der Waals surface area contributed by atoms with Crippen molar-refractivity contribution in [2.75, 3.05) is 0 Å². The van der Waals surface area contributed by atoms with Crippen molar-refractivity contribution in [3.63, 3.8) is 0 Å². The summed E-state index contributed by atoms with van der Waals surface area (Å²) in [6.45, 7) is 2.04. The molecule has 0 N–H and O–H groups in total. The lowest BCUT2D eigenvalue weighted by Crippen LogP contribution is -1.97. The third-order valence-electron chi connectivity index (χ3n) is 6.15. The van der Waals surface area contributed by atoms with Gasteiger partial charge in [-0.25, -0.2) is 0 Å². The van der Waals surface area contributed by atoms with Gasteiger partial charge in [-0.15, -0.1) is 0 Å². The third kappa shape index (κ3) is 2.90. The number of fused-ring (bicyclic) bond motifs is 8. The molecule has 0 bridgehead atoms. The minimum absolute atomic E-state index is 1.01. The van der Waals surface area contributed by atoms with Gasteiger partial charge in [-0.2, -0.15) is 0 Å². The first-order chi connectivity index (χ1) is 15.3. The van der Waals surface area contributed by atoms with Crippen LogP contribution in [-0.2, 0) is 0 Å². The van der Waals surface area contributed by atoms with E-state index in [1.807, 2.05) is 13.0 Å². The Hall–Kier alpha value is -3.97. The third-order valence-corrected chi connectivity index (χ3v) is 6.15. The van der Waals surface area contributed by atoms with Crippen LogP contribution in [-0.4, -0.2) is 4.98 Å². The lowest BCUT2D eigenvalue weighted by molar-refractivity contribution is 1.21. The number of aryl methyl sites for hydroxylation is 1. The lowest BCUT2D eigenvalue weighted by atomic mass is 9.80. The second kappa shape index (κ2) is 7.07. The van der Waals surface area contributed by atoms with E-state index in [0.29, 0.717) is 0 Å². The molecule has 1 nitrogen and oxygen atoms in total. The van der Waals surface area contributed by atoms with Crippen LogP contribution in [0.15, 0.2) is 109 Å². The van der Waals surface area contributed by atoms with Crippen LogP contribution in [0.2, 0.25) is 0 Å². The summed E-state index contributed by atoms with van der Waals surface area (Å²) in [5.41, 5.74) is 13.3. The molecule has 0 aliphatic heterocycles. The standard InChI is InChI=1S/C30H21N/c1-20-9-8-16-30(31-20)21-17-18-28-26-14-5-4-12-24(26)22-10-2-3-11-23(22)25-13-6-7-15-27(25)29(28)19-21/h2-19H,1H3. The number of nitrogens with zero attached hydrogens (tertiary/aromatic N) is 1. The molecule has 0 fully saturated rings. The largest absolute Gasteiger partial charge is 0.253 e. The number of rotatable bonds is 1. The van der Waals surface area contributed by atoms with Crippen LogP contribution in [0.1, 0.15) is 5.69 Å². The first-order valence-corrected chi connectivity index (χ1v) is 10.7. The fourth-order valence-electron chi connectivity index (χ4n) is 4.72. The fraction of sp³-hybridized carbons (Fsp3) is 0.0333. The summed E-state index contributed by atoms with van der Waals surface area (Å²) >= 11 is 0. The van der Waals surface area contributed by atoms with E-state index in [9.17, 15) is 0 Å². The molecule has 0 amide bonds. The molecule has 0 atom stereocenters. The van der Waals surface area contributed by atoms with Crippen molar-refractivity contribution in [2.45, 2.75) is 6.92 Å². The molecule has 4 aromatic carbocycles. The van der Waals surface area contributed by atoms with Gasteiger partial charge in [0.15, 0.2) is 0 Å². The lowest BCUT2D eigenvalue weighted by Gasteiger charge is -2.23. The van der Waals surface area contributed by atoms with Crippen LogP contribution in [0, 0.1) is 6.92 Å². The van der Waals surface area contributed by atoms with Gasteiger partial charge in [-0.05, 0) is 69.6 Å². The summed E-state index contributed by atoms with van der Waals surface area (Å²) < 4.78 is 0. The summed E-state index contributed by atoms with van der Waals surface area (Å²) in [5, 5.41) is 0. The van der Waals surface area contributed by atoms with Crippen molar-refractivity contribution < 1.29 is 0 Å². The Kier molecular flexibility index (Phi) is 4.07. The molecule has 0 saturated heterocycles. The number of hydrogen-bond acceptors (Lipinski definition) is 1. The predicted octanol–water partition coefficient (Wildman–Crippen LogP) is 8.04. The minimum atomic E-state index is 1.01. The van der Waals surface area contributed by atoms with Crippen LogP contribution in [0.3, 0.4) is 0 Å². The Balaban J connectivity index is 1.72. The zero-order valence-electron chi connectivity index (χ0n) is 17.3. The van der Waals surface area contributed by atoms with Gasteiger partial charge in [0.1, 0.15) is 0 Å². The molecular formula is C30H21N. The molecule has 1 aliphatic rings. The van der Waals surface area contributed by atoms with Crippen molar-refractivity contribution in [3.05, 3.63) is 115 Å². The van der Waals surface area contributed by atoms with E-state index < -0.39 is 0 Å². The zero-order chi connectivity index (χ0) is 20.8. The summed E-state index contributed by atoms with van der Waals surface area (Å²) in [5.74, 6) is 0. The van der Waals surface area contributed by atoms with Crippen molar-refractivity contribution in [1.82, 2.24) is 4.98 Å². The summed E-state index contributed by atoms with van der Waals surface area (Å²) in [7, 11) is 0. The number of aromatic nitrogens is 1. The van der Waals surface area contributed by atoms with Crippen LogP contribution in [0.5, 0.6) is 0 Å². The number of hydrogen-bond donors (Lipinski definition) is 0. The molecular weight excluding hydrogens is 374 g/mol. The van der Waals surface area contributed by atoms with E-state index in [1.165, 1.54) is 44.5 Å². The SMILES string of the molecule is Cc1cccc(-c2ccc3c(c2)-c2ccccc2-c2ccccc2-c2ccccc2-3)n1. The molecule has 146 valence electrons. The normalized spacial score (nSPS) is 11.4. The Labute approximate surface area is 182 Å². The smallest absolute Gasteiger partial charge is 0.0705 e. The second-order valence-corrected chi connectivity index (χ2v) is 8.06. The zero-order valence-corrected chi connectivity index (χ0v) is 17.3. The van der Waals surface area contributed by atoms with Gasteiger partial charge in [-0.3, -0.25) is 4.98 Å². The Morgan fingerprint density at radius 1 is 0.419 bits per heavy atom. The van der Waals surface area contributed by atoms with Gasteiger partial charge in [0, 0.05) is 11.3 Å². The first-order valence-electron chi connectivity index (χ1n) is 10.7. The maximum absolute atomic E-state index is 4.77. The average Bonchev–Trinajstić information content (AvgIpc) is 2.83. The van der Waals surface area contributed by atoms with Gasteiger partial charge in [0.25, 0.3) is 0 Å². The van der Waals surface area contributed by atoms with Gasteiger partial charge in [-0.1, -0.05) is 91.0 Å². The number of pyridine rings is 1. The van der Waals surface area contributed by atoms with Gasteiger partial charge in [0.2, 0.25) is 0 Å². The van der Waals surface area contributed by atoms with Crippen molar-refractivity contribution >= 4 is 0 Å². The van der Waals surface area contributed by atoms with Gasteiger partial charge in [0.05, 0.1) is 5.69 Å². The van der Waals surface area contributed by atoms with E-state index in [2.05, 4.69) is 103 Å². The first kappa shape index (κ1) is 17.9. The molecule has 31 heavy (non-hydrogen) atoms. The highest BCUT2D eigenvalue weighted by atomic mass is 14.7. The van der Waals surface area contributed by atoms with Crippen LogP contribution in [0.4, 0.5) is 0 Å². The van der Waals surface area contributed by atoms with Crippen molar-refractivity contribution in [3.8, 4) is 55.8 Å². The monoisotopic (exact) mass is 395 g/mol. The van der Waals surface area contributed by atoms with Gasteiger partial charge < -0.3 is 0 Å². The molecule has 0 spiro atoms. The predicted molar refractivity (Wildman–Crippen MR) is 130 cm³/mol. The summed E-state index contributed by atoms with van der Waals surface area (Å²) in [4.78, 5) is 4.77. The molecule has 1 aliphatic carbocycles.